The first-order chi connectivity index (χ1) is 7.64. The van der Waals surface area contributed by atoms with Gasteiger partial charge in [0.05, 0.1) is 12.1 Å². The first kappa shape index (κ1) is 13.6. The first-order valence-corrected chi connectivity index (χ1v) is 6.66. The highest BCUT2D eigenvalue weighted by atomic mass is 32.2. The van der Waals surface area contributed by atoms with Crippen molar-refractivity contribution in [3.8, 4) is 0 Å². The Balaban J connectivity index is 2.87. The standard InChI is InChI=1S/C13H21NOS/c1-11(2)16-10-13(9-15,14-3)12-7-5-4-6-8-12/h4-8,11,14-15H,9-10H2,1-3H3. The van der Waals surface area contributed by atoms with E-state index in [2.05, 4.69) is 31.3 Å². The lowest BCUT2D eigenvalue weighted by atomic mass is 9.93. The van der Waals surface area contributed by atoms with E-state index < -0.39 is 0 Å². The van der Waals surface area contributed by atoms with Gasteiger partial charge in [-0.2, -0.15) is 11.8 Å². The van der Waals surface area contributed by atoms with Gasteiger partial charge in [-0.1, -0.05) is 44.2 Å². The minimum absolute atomic E-state index is 0.118. The summed E-state index contributed by atoms with van der Waals surface area (Å²) < 4.78 is 0. The third kappa shape index (κ3) is 3.24. The molecule has 0 saturated carbocycles. The molecule has 1 aromatic rings. The van der Waals surface area contributed by atoms with Gasteiger partial charge in [0.15, 0.2) is 0 Å². The molecule has 0 bridgehead atoms. The molecular weight excluding hydrogens is 218 g/mol. The second kappa shape index (κ2) is 6.28. The topological polar surface area (TPSA) is 32.3 Å². The number of benzene rings is 1. The fourth-order valence-corrected chi connectivity index (χ4v) is 2.60. The second-order valence-electron chi connectivity index (χ2n) is 4.22. The van der Waals surface area contributed by atoms with E-state index in [9.17, 15) is 5.11 Å². The van der Waals surface area contributed by atoms with Crippen molar-refractivity contribution in [3.05, 3.63) is 35.9 Å². The van der Waals surface area contributed by atoms with Gasteiger partial charge in [0.2, 0.25) is 0 Å². The van der Waals surface area contributed by atoms with E-state index in [1.165, 1.54) is 0 Å². The summed E-state index contributed by atoms with van der Waals surface area (Å²) in [4.78, 5) is 0. The number of thioether (sulfide) groups is 1. The molecule has 0 saturated heterocycles. The lowest BCUT2D eigenvalue weighted by Crippen LogP contribution is -2.46. The molecule has 0 fully saturated rings. The number of nitrogens with one attached hydrogen (secondary N) is 1. The highest BCUT2D eigenvalue weighted by Crippen LogP contribution is 2.26. The largest absolute Gasteiger partial charge is 0.394 e. The number of hydrogen-bond acceptors (Lipinski definition) is 3. The number of hydrogen-bond donors (Lipinski definition) is 2. The van der Waals surface area contributed by atoms with E-state index in [1.807, 2.05) is 37.0 Å². The van der Waals surface area contributed by atoms with Crippen LogP contribution < -0.4 is 5.32 Å². The number of aliphatic hydroxyl groups excluding tert-OH is 1. The average molecular weight is 239 g/mol. The van der Waals surface area contributed by atoms with Gasteiger partial charge in [-0.3, -0.25) is 0 Å². The Bertz CT molecular complexity index is 296. The zero-order chi connectivity index (χ0) is 12.0. The monoisotopic (exact) mass is 239 g/mol. The zero-order valence-corrected chi connectivity index (χ0v) is 11.1. The van der Waals surface area contributed by atoms with Gasteiger partial charge in [-0.05, 0) is 17.9 Å². The third-order valence-electron chi connectivity index (χ3n) is 2.74. The smallest absolute Gasteiger partial charge is 0.0758 e. The molecule has 1 unspecified atom stereocenters. The Kier molecular flexibility index (Phi) is 5.32. The quantitative estimate of drug-likeness (QED) is 0.798. The minimum Gasteiger partial charge on any atom is -0.394 e. The Morgan fingerprint density at radius 1 is 1.31 bits per heavy atom. The van der Waals surface area contributed by atoms with Gasteiger partial charge in [0.25, 0.3) is 0 Å². The molecule has 16 heavy (non-hydrogen) atoms. The summed E-state index contributed by atoms with van der Waals surface area (Å²) in [7, 11) is 1.91. The van der Waals surface area contributed by atoms with Gasteiger partial charge in [-0.25, -0.2) is 0 Å². The molecule has 0 heterocycles. The molecule has 1 rings (SSSR count). The molecule has 0 spiro atoms. The van der Waals surface area contributed by atoms with Crippen LogP contribution in [0.5, 0.6) is 0 Å². The SMILES string of the molecule is CNC(CO)(CSC(C)C)c1ccccc1. The van der Waals surface area contributed by atoms with Crippen molar-refractivity contribution in [2.45, 2.75) is 24.6 Å². The van der Waals surface area contributed by atoms with Crippen LogP contribution in [0.1, 0.15) is 19.4 Å². The van der Waals surface area contributed by atoms with Gasteiger partial charge in [0, 0.05) is 5.75 Å². The van der Waals surface area contributed by atoms with Crippen molar-refractivity contribution in [3.63, 3.8) is 0 Å². The molecule has 1 aromatic carbocycles. The van der Waals surface area contributed by atoms with Crippen LogP contribution in [0.15, 0.2) is 30.3 Å². The molecule has 2 N–H and O–H groups in total. The van der Waals surface area contributed by atoms with Crippen molar-refractivity contribution >= 4 is 11.8 Å². The number of likely N-dealkylation sites (N-methyl/N-ethyl adjacent to an activating group) is 1. The van der Waals surface area contributed by atoms with Crippen LogP contribution in [-0.4, -0.2) is 29.8 Å². The van der Waals surface area contributed by atoms with Gasteiger partial charge < -0.3 is 10.4 Å². The lowest BCUT2D eigenvalue weighted by molar-refractivity contribution is 0.187. The van der Waals surface area contributed by atoms with Crippen LogP contribution in [-0.2, 0) is 5.54 Å². The molecule has 3 heteroatoms. The van der Waals surface area contributed by atoms with Crippen molar-refractivity contribution < 1.29 is 5.11 Å². The van der Waals surface area contributed by atoms with Crippen molar-refractivity contribution in [2.24, 2.45) is 0 Å². The summed E-state index contributed by atoms with van der Waals surface area (Å²) in [6.45, 7) is 4.47. The summed E-state index contributed by atoms with van der Waals surface area (Å²) in [5.41, 5.74) is 0.823. The molecule has 0 aliphatic heterocycles. The minimum atomic E-state index is -0.323. The maximum atomic E-state index is 9.67. The predicted octanol–water partition coefficient (Wildman–Crippen LogP) is 2.24. The van der Waals surface area contributed by atoms with Crippen LogP contribution in [0.4, 0.5) is 0 Å². The third-order valence-corrected chi connectivity index (χ3v) is 4.06. The molecule has 0 aliphatic rings. The maximum Gasteiger partial charge on any atom is 0.0758 e. The van der Waals surface area contributed by atoms with Crippen LogP contribution in [0.25, 0.3) is 0 Å². The molecule has 0 radical (unpaired) electrons. The Morgan fingerprint density at radius 2 is 1.94 bits per heavy atom. The maximum absolute atomic E-state index is 9.67. The lowest BCUT2D eigenvalue weighted by Gasteiger charge is -2.32. The molecular formula is C13H21NOS. The van der Waals surface area contributed by atoms with Crippen molar-refractivity contribution in [1.82, 2.24) is 5.32 Å². The Labute approximate surface area is 102 Å². The van der Waals surface area contributed by atoms with Crippen LogP contribution in [0.2, 0.25) is 0 Å². The van der Waals surface area contributed by atoms with Crippen molar-refractivity contribution in [2.75, 3.05) is 19.4 Å². The predicted molar refractivity (Wildman–Crippen MR) is 71.9 cm³/mol. The Hall–Kier alpha value is -0.510. The molecule has 90 valence electrons. The van der Waals surface area contributed by atoms with E-state index in [-0.39, 0.29) is 12.1 Å². The van der Waals surface area contributed by atoms with Gasteiger partial charge >= 0.3 is 0 Å². The normalized spacial score (nSPS) is 15.1. The summed E-state index contributed by atoms with van der Waals surface area (Å²) in [6, 6.07) is 10.1. The fraction of sp³-hybridized carbons (Fsp3) is 0.538. The van der Waals surface area contributed by atoms with E-state index >= 15 is 0 Å². The van der Waals surface area contributed by atoms with Crippen molar-refractivity contribution in [1.29, 1.82) is 0 Å². The fourth-order valence-electron chi connectivity index (χ4n) is 1.58. The van der Waals surface area contributed by atoms with E-state index in [4.69, 9.17) is 0 Å². The zero-order valence-electron chi connectivity index (χ0n) is 10.2. The summed E-state index contributed by atoms with van der Waals surface area (Å²) in [6.07, 6.45) is 0. The second-order valence-corrected chi connectivity index (χ2v) is 5.78. The number of aliphatic hydroxyl groups is 1. The molecule has 0 amide bonds. The van der Waals surface area contributed by atoms with Crippen LogP contribution in [0.3, 0.4) is 0 Å². The average Bonchev–Trinajstić information content (AvgIpc) is 2.32. The van der Waals surface area contributed by atoms with E-state index in [0.717, 1.165) is 11.3 Å². The molecule has 1 atom stereocenters. The highest BCUT2D eigenvalue weighted by molar-refractivity contribution is 7.99. The molecule has 0 aliphatic carbocycles. The summed E-state index contributed by atoms with van der Waals surface area (Å²) >= 11 is 1.86. The number of rotatable bonds is 6. The highest BCUT2D eigenvalue weighted by Gasteiger charge is 2.29. The van der Waals surface area contributed by atoms with E-state index in [0.29, 0.717) is 5.25 Å². The van der Waals surface area contributed by atoms with Crippen LogP contribution in [0, 0.1) is 0 Å². The summed E-state index contributed by atoms with van der Waals surface area (Å²) in [5.74, 6) is 0.877. The van der Waals surface area contributed by atoms with Gasteiger partial charge in [-0.15, -0.1) is 0 Å². The molecule has 2 nitrogen and oxygen atoms in total. The van der Waals surface area contributed by atoms with E-state index in [1.54, 1.807) is 0 Å². The van der Waals surface area contributed by atoms with Crippen LogP contribution >= 0.6 is 11.8 Å². The van der Waals surface area contributed by atoms with Gasteiger partial charge in [0.1, 0.15) is 0 Å². The molecule has 0 aromatic heterocycles. The first-order valence-electron chi connectivity index (χ1n) is 5.61. The summed E-state index contributed by atoms with van der Waals surface area (Å²) in [5, 5.41) is 13.5. The Morgan fingerprint density at radius 3 is 2.38 bits per heavy atom.